The Hall–Kier alpha value is -2.02. The van der Waals surface area contributed by atoms with Gasteiger partial charge in [-0.3, -0.25) is 10.1 Å². The zero-order valence-corrected chi connectivity index (χ0v) is 15.8. The van der Waals surface area contributed by atoms with Crippen molar-refractivity contribution in [1.82, 2.24) is 4.98 Å². The van der Waals surface area contributed by atoms with E-state index >= 15 is 0 Å². The number of nitrogens with zero attached hydrogens (tertiary/aromatic N) is 1. The Kier molecular flexibility index (Phi) is 5.32. The average molecular weight is 397 g/mol. The first-order valence-corrected chi connectivity index (χ1v) is 8.92. The number of aromatic nitrogens is 1. The van der Waals surface area contributed by atoms with Gasteiger partial charge in [-0.2, -0.15) is 0 Å². The van der Waals surface area contributed by atoms with Crippen LogP contribution in [0.3, 0.4) is 0 Å². The summed E-state index contributed by atoms with van der Waals surface area (Å²) in [7, 11) is 0. The van der Waals surface area contributed by atoms with Crippen LogP contribution < -0.4 is 10.1 Å². The molecular formula is C17H14Cl2N2O3S. The van der Waals surface area contributed by atoms with Crippen molar-refractivity contribution in [3.8, 4) is 5.75 Å². The SMILES string of the molecule is Cc1nc(NC(=O)c2ccc(COc3cccc(Cl)c3Cl)o2)sc1C. The fraction of sp³-hybridized carbons (Fsp3) is 0.176. The van der Waals surface area contributed by atoms with Crippen LogP contribution >= 0.6 is 34.5 Å². The number of carbonyl (C=O) groups excluding carboxylic acids is 1. The second kappa shape index (κ2) is 7.47. The van der Waals surface area contributed by atoms with Crippen molar-refractivity contribution in [2.45, 2.75) is 20.5 Å². The van der Waals surface area contributed by atoms with Crippen LogP contribution in [-0.2, 0) is 6.61 Å². The minimum atomic E-state index is -0.360. The molecule has 0 saturated carbocycles. The summed E-state index contributed by atoms with van der Waals surface area (Å²) in [5.41, 5.74) is 0.896. The van der Waals surface area contributed by atoms with Gasteiger partial charge >= 0.3 is 0 Å². The first-order chi connectivity index (χ1) is 11.9. The molecule has 0 aliphatic carbocycles. The van der Waals surface area contributed by atoms with Crippen molar-refractivity contribution in [2.24, 2.45) is 0 Å². The molecule has 1 amide bonds. The molecule has 3 rings (SSSR count). The summed E-state index contributed by atoms with van der Waals surface area (Å²) in [5.74, 6) is 0.764. The maximum absolute atomic E-state index is 12.2. The highest BCUT2D eigenvalue weighted by Crippen LogP contribution is 2.32. The van der Waals surface area contributed by atoms with Crippen molar-refractivity contribution >= 4 is 45.6 Å². The Bertz CT molecular complexity index is 901. The van der Waals surface area contributed by atoms with Gasteiger partial charge in [-0.05, 0) is 38.1 Å². The van der Waals surface area contributed by atoms with E-state index in [1.54, 1.807) is 30.3 Å². The highest BCUT2D eigenvalue weighted by molar-refractivity contribution is 7.15. The largest absolute Gasteiger partial charge is 0.484 e. The molecule has 0 saturated heterocycles. The predicted molar refractivity (Wildman–Crippen MR) is 99.0 cm³/mol. The maximum Gasteiger partial charge on any atom is 0.293 e. The number of anilines is 1. The van der Waals surface area contributed by atoms with Gasteiger partial charge in [-0.15, -0.1) is 11.3 Å². The van der Waals surface area contributed by atoms with Gasteiger partial charge in [-0.1, -0.05) is 29.3 Å². The quantitative estimate of drug-likeness (QED) is 0.618. The van der Waals surface area contributed by atoms with Crippen molar-refractivity contribution < 1.29 is 13.9 Å². The van der Waals surface area contributed by atoms with E-state index in [9.17, 15) is 4.79 Å². The van der Waals surface area contributed by atoms with Gasteiger partial charge in [0, 0.05) is 4.88 Å². The molecule has 0 spiro atoms. The summed E-state index contributed by atoms with van der Waals surface area (Å²) >= 11 is 13.4. The van der Waals surface area contributed by atoms with E-state index in [4.69, 9.17) is 32.4 Å². The first-order valence-electron chi connectivity index (χ1n) is 7.35. The van der Waals surface area contributed by atoms with Crippen molar-refractivity contribution in [1.29, 1.82) is 0 Å². The van der Waals surface area contributed by atoms with Crippen molar-refractivity contribution in [2.75, 3.05) is 5.32 Å². The van der Waals surface area contributed by atoms with Gasteiger partial charge in [-0.25, -0.2) is 4.98 Å². The van der Waals surface area contributed by atoms with Crippen LogP contribution in [0.2, 0.25) is 10.0 Å². The monoisotopic (exact) mass is 396 g/mol. The molecule has 130 valence electrons. The van der Waals surface area contributed by atoms with Gasteiger partial charge in [0.2, 0.25) is 0 Å². The number of aryl methyl sites for hydroxylation is 2. The summed E-state index contributed by atoms with van der Waals surface area (Å²) in [5, 5.41) is 4.01. The molecule has 25 heavy (non-hydrogen) atoms. The van der Waals surface area contributed by atoms with E-state index in [0.717, 1.165) is 10.6 Å². The van der Waals surface area contributed by atoms with Crippen LogP contribution in [0.1, 0.15) is 26.9 Å². The number of carbonyl (C=O) groups is 1. The second-order valence-electron chi connectivity index (χ2n) is 5.22. The number of nitrogens with one attached hydrogen (secondary N) is 1. The van der Waals surface area contributed by atoms with E-state index in [2.05, 4.69) is 10.3 Å². The molecule has 0 unspecified atom stereocenters. The Morgan fingerprint density at radius 2 is 2.08 bits per heavy atom. The summed E-state index contributed by atoms with van der Waals surface area (Å²) in [6.07, 6.45) is 0. The van der Waals surface area contributed by atoms with Crippen LogP contribution in [0, 0.1) is 13.8 Å². The van der Waals surface area contributed by atoms with E-state index in [1.807, 2.05) is 13.8 Å². The Morgan fingerprint density at radius 3 is 2.80 bits per heavy atom. The molecule has 8 heteroatoms. The lowest BCUT2D eigenvalue weighted by Gasteiger charge is -2.07. The molecule has 1 aromatic carbocycles. The molecule has 5 nitrogen and oxygen atoms in total. The van der Waals surface area contributed by atoms with Crippen LogP contribution in [-0.4, -0.2) is 10.9 Å². The number of hydrogen-bond donors (Lipinski definition) is 1. The number of ether oxygens (including phenoxy) is 1. The van der Waals surface area contributed by atoms with Crippen LogP contribution in [0.4, 0.5) is 5.13 Å². The summed E-state index contributed by atoms with van der Waals surface area (Å²) < 4.78 is 11.1. The van der Waals surface area contributed by atoms with Crippen LogP contribution in [0.5, 0.6) is 5.75 Å². The zero-order chi connectivity index (χ0) is 18.0. The Morgan fingerprint density at radius 1 is 1.28 bits per heavy atom. The number of amides is 1. The molecule has 0 aliphatic rings. The third-order valence-electron chi connectivity index (χ3n) is 3.42. The van der Waals surface area contributed by atoms with E-state index in [-0.39, 0.29) is 18.3 Å². The molecule has 3 aromatic rings. The van der Waals surface area contributed by atoms with Crippen molar-refractivity contribution in [3.05, 3.63) is 62.5 Å². The third-order valence-corrected chi connectivity index (χ3v) is 5.21. The minimum absolute atomic E-state index is 0.128. The van der Waals surface area contributed by atoms with Gasteiger partial charge < -0.3 is 9.15 Å². The fourth-order valence-electron chi connectivity index (χ4n) is 2.01. The topological polar surface area (TPSA) is 64.4 Å². The highest BCUT2D eigenvalue weighted by Gasteiger charge is 2.15. The Balaban J connectivity index is 1.63. The van der Waals surface area contributed by atoms with E-state index in [0.29, 0.717) is 26.7 Å². The van der Waals surface area contributed by atoms with Gasteiger partial charge in [0.15, 0.2) is 10.9 Å². The summed E-state index contributed by atoms with van der Waals surface area (Å²) in [6.45, 7) is 3.97. The molecule has 2 heterocycles. The lowest BCUT2D eigenvalue weighted by atomic mass is 10.3. The van der Waals surface area contributed by atoms with Crippen molar-refractivity contribution in [3.63, 3.8) is 0 Å². The summed E-state index contributed by atoms with van der Waals surface area (Å²) in [4.78, 5) is 17.5. The minimum Gasteiger partial charge on any atom is -0.484 e. The fourth-order valence-corrected chi connectivity index (χ4v) is 3.16. The van der Waals surface area contributed by atoms with Gasteiger partial charge in [0.25, 0.3) is 5.91 Å². The molecule has 0 bridgehead atoms. The van der Waals surface area contributed by atoms with Crippen LogP contribution in [0.15, 0.2) is 34.7 Å². The number of hydrogen-bond acceptors (Lipinski definition) is 5. The molecular weight excluding hydrogens is 383 g/mol. The molecule has 0 aliphatic heterocycles. The lowest BCUT2D eigenvalue weighted by molar-refractivity contribution is 0.0992. The molecule has 0 atom stereocenters. The van der Waals surface area contributed by atoms with E-state index < -0.39 is 0 Å². The summed E-state index contributed by atoms with van der Waals surface area (Å²) in [6, 6.07) is 8.38. The molecule has 0 radical (unpaired) electrons. The predicted octanol–water partition coefficient (Wildman–Crippen LogP) is 5.49. The average Bonchev–Trinajstić information content (AvgIpc) is 3.16. The van der Waals surface area contributed by atoms with E-state index in [1.165, 1.54) is 11.3 Å². The number of thiazole rings is 1. The molecule has 1 N–H and O–H groups in total. The second-order valence-corrected chi connectivity index (χ2v) is 7.21. The molecule has 0 fully saturated rings. The third kappa shape index (κ3) is 4.15. The number of benzene rings is 1. The normalized spacial score (nSPS) is 10.7. The standard InChI is InChI=1S/C17H14Cl2N2O3S/c1-9-10(2)25-17(20-9)21-16(22)14-7-6-11(24-14)8-23-13-5-3-4-12(18)15(13)19/h3-7H,8H2,1-2H3,(H,20,21,22). The smallest absolute Gasteiger partial charge is 0.293 e. The first kappa shape index (κ1) is 17.8. The number of halogens is 2. The van der Waals surface area contributed by atoms with Gasteiger partial charge in [0.1, 0.15) is 23.1 Å². The highest BCUT2D eigenvalue weighted by atomic mass is 35.5. The molecule has 2 aromatic heterocycles. The number of rotatable bonds is 5. The van der Waals surface area contributed by atoms with Gasteiger partial charge in [0.05, 0.1) is 10.7 Å². The maximum atomic E-state index is 12.2. The lowest BCUT2D eigenvalue weighted by Crippen LogP contribution is -2.10. The number of furan rings is 1. The Labute approximate surface area is 158 Å². The van der Waals surface area contributed by atoms with Crippen LogP contribution in [0.25, 0.3) is 0 Å². The zero-order valence-electron chi connectivity index (χ0n) is 13.4.